The predicted octanol–water partition coefficient (Wildman–Crippen LogP) is 4.60. The van der Waals surface area contributed by atoms with Crippen LogP contribution in [0.25, 0.3) is 28.0 Å². The molecular formula is C26H25N5O3. The maximum atomic E-state index is 12.6. The molecular weight excluding hydrogens is 430 g/mol. The van der Waals surface area contributed by atoms with Gasteiger partial charge >= 0.3 is 5.97 Å². The Kier molecular flexibility index (Phi) is 4.23. The number of hydrogen-bond donors (Lipinski definition) is 2. The lowest BCUT2D eigenvalue weighted by Gasteiger charge is -2.27. The first-order valence-corrected chi connectivity index (χ1v) is 11.0. The molecule has 0 bridgehead atoms. The molecule has 1 aliphatic rings. The number of aliphatic carboxylic acids is 1. The molecule has 0 spiro atoms. The molecule has 8 nitrogen and oxygen atoms in total. The summed E-state index contributed by atoms with van der Waals surface area (Å²) >= 11 is 0. The Balaban J connectivity index is 1.58. The second-order valence-corrected chi connectivity index (χ2v) is 8.43. The molecule has 0 aliphatic heterocycles. The Morgan fingerprint density at radius 3 is 2.44 bits per heavy atom. The molecule has 0 atom stereocenters. The SMILES string of the molecule is [2H]c1c([2H])c([2H])c(-c2ccc(-c3cnn4c(N)c(C(C)=O)c([C@H]5CC[C@H](C(=O)O)CC5)nc34)cn2)c([2H])c1[2H]. The van der Waals surface area contributed by atoms with Crippen molar-refractivity contribution in [1.82, 2.24) is 19.6 Å². The Morgan fingerprint density at radius 1 is 1.09 bits per heavy atom. The largest absolute Gasteiger partial charge is 0.481 e. The van der Waals surface area contributed by atoms with Crippen molar-refractivity contribution in [3.05, 3.63) is 66.0 Å². The van der Waals surface area contributed by atoms with Crippen LogP contribution in [0, 0.1) is 5.92 Å². The summed E-state index contributed by atoms with van der Waals surface area (Å²) in [6.07, 6.45) is 5.16. The van der Waals surface area contributed by atoms with Gasteiger partial charge in [-0.05, 0) is 38.7 Å². The third-order valence-electron chi connectivity index (χ3n) is 6.36. The van der Waals surface area contributed by atoms with Crippen LogP contribution in [0.5, 0.6) is 0 Å². The van der Waals surface area contributed by atoms with Crippen molar-refractivity contribution in [3.8, 4) is 22.4 Å². The zero-order valence-corrected chi connectivity index (χ0v) is 18.4. The summed E-state index contributed by atoms with van der Waals surface area (Å²) in [5.41, 5.74) is 9.02. The maximum Gasteiger partial charge on any atom is 0.306 e. The van der Waals surface area contributed by atoms with Gasteiger partial charge in [0.25, 0.3) is 0 Å². The second-order valence-electron chi connectivity index (χ2n) is 8.43. The predicted molar refractivity (Wildman–Crippen MR) is 128 cm³/mol. The maximum absolute atomic E-state index is 12.6. The highest BCUT2D eigenvalue weighted by atomic mass is 16.4. The zero-order chi connectivity index (χ0) is 28.2. The Labute approximate surface area is 203 Å². The first kappa shape index (κ1) is 16.5. The first-order valence-electron chi connectivity index (χ1n) is 13.5. The number of rotatable bonds is 5. The summed E-state index contributed by atoms with van der Waals surface area (Å²) in [6, 6.07) is 1.22. The molecule has 3 N–H and O–H groups in total. The third-order valence-corrected chi connectivity index (χ3v) is 6.36. The molecule has 4 aromatic rings. The van der Waals surface area contributed by atoms with Crippen molar-refractivity contribution in [1.29, 1.82) is 0 Å². The summed E-state index contributed by atoms with van der Waals surface area (Å²) in [4.78, 5) is 33.2. The van der Waals surface area contributed by atoms with E-state index in [1.807, 2.05) is 0 Å². The quantitative estimate of drug-likeness (QED) is 0.417. The molecule has 3 aromatic heterocycles. The van der Waals surface area contributed by atoms with Gasteiger partial charge in [0.05, 0.1) is 35.9 Å². The zero-order valence-electron chi connectivity index (χ0n) is 23.4. The van der Waals surface area contributed by atoms with E-state index in [0.29, 0.717) is 48.2 Å². The number of carboxylic acids is 1. The third kappa shape index (κ3) is 3.81. The number of nitrogens with two attached hydrogens (primary N) is 1. The van der Waals surface area contributed by atoms with Crippen molar-refractivity contribution in [2.45, 2.75) is 38.5 Å². The van der Waals surface area contributed by atoms with Gasteiger partial charge in [-0.15, -0.1) is 0 Å². The van der Waals surface area contributed by atoms with E-state index < -0.39 is 30.0 Å². The topological polar surface area (TPSA) is 123 Å². The van der Waals surface area contributed by atoms with E-state index in [4.69, 9.17) is 17.6 Å². The van der Waals surface area contributed by atoms with Crippen LogP contribution < -0.4 is 5.73 Å². The van der Waals surface area contributed by atoms with Gasteiger partial charge in [-0.2, -0.15) is 9.61 Å². The van der Waals surface area contributed by atoms with Crippen molar-refractivity contribution >= 4 is 23.2 Å². The fraction of sp³-hybridized carbons (Fsp3) is 0.269. The van der Waals surface area contributed by atoms with Crippen LogP contribution in [0.2, 0.25) is 0 Å². The standard InChI is InChI=1S/C26H25N5O3/c1-15(32)22-23(17-7-9-18(10-8-17)26(33)34)30-25-20(14-29-31(25)24(22)27)19-11-12-21(28-13-19)16-5-3-2-4-6-16/h2-6,11-14,17-18H,7-10,27H2,1H3,(H,33,34)/t17-,18-/i2D,3D,4D,5D,6D. The number of carboxylic acid groups (broad SMARTS) is 1. The molecule has 0 radical (unpaired) electrons. The number of anilines is 1. The monoisotopic (exact) mass is 460 g/mol. The minimum Gasteiger partial charge on any atom is -0.481 e. The number of carbonyl (C=O) groups is 2. The van der Waals surface area contributed by atoms with E-state index in [1.54, 1.807) is 18.3 Å². The summed E-state index contributed by atoms with van der Waals surface area (Å²) in [5, 5.41) is 13.7. The molecule has 1 fully saturated rings. The van der Waals surface area contributed by atoms with Crippen molar-refractivity contribution in [3.63, 3.8) is 0 Å². The molecule has 8 heteroatoms. The molecule has 1 aliphatic carbocycles. The van der Waals surface area contributed by atoms with E-state index >= 15 is 0 Å². The van der Waals surface area contributed by atoms with Crippen molar-refractivity contribution < 1.29 is 21.5 Å². The lowest BCUT2D eigenvalue weighted by molar-refractivity contribution is -0.142. The molecule has 172 valence electrons. The molecule has 0 amide bonds. The molecule has 1 saturated carbocycles. The van der Waals surface area contributed by atoms with Gasteiger partial charge in [0, 0.05) is 28.8 Å². The lowest BCUT2D eigenvalue weighted by Crippen LogP contribution is -2.23. The van der Waals surface area contributed by atoms with Crippen LogP contribution >= 0.6 is 0 Å². The van der Waals surface area contributed by atoms with Crippen molar-refractivity contribution in [2.75, 3.05) is 5.73 Å². The average molecular weight is 461 g/mol. The fourth-order valence-corrected chi connectivity index (χ4v) is 4.59. The van der Waals surface area contributed by atoms with E-state index in [2.05, 4.69) is 10.1 Å². The number of pyridine rings is 1. The number of hydrogen-bond acceptors (Lipinski definition) is 6. The van der Waals surface area contributed by atoms with Crippen LogP contribution in [-0.2, 0) is 4.79 Å². The van der Waals surface area contributed by atoms with Gasteiger partial charge in [-0.25, -0.2) is 4.98 Å². The second kappa shape index (κ2) is 8.70. The number of ketones is 1. The highest BCUT2D eigenvalue weighted by Crippen LogP contribution is 2.39. The summed E-state index contributed by atoms with van der Waals surface area (Å²) < 4.78 is 41.4. The first-order chi connectivity index (χ1) is 18.5. The van der Waals surface area contributed by atoms with Gasteiger partial charge in [-0.3, -0.25) is 14.6 Å². The number of fused-ring (bicyclic) bond motifs is 1. The number of nitrogens with zero attached hydrogens (tertiary/aromatic N) is 4. The van der Waals surface area contributed by atoms with Crippen molar-refractivity contribution in [2.24, 2.45) is 5.92 Å². The van der Waals surface area contributed by atoms with Gasteiger partial charge in [0.15, 0.2) is 11.4 Å². The van der Waals surface area contributed by atoms with E-state index in [-0.39, 0.29) is 46.4 Å². The highest BCUT2D eigenvalue weighted by Gasteiger charge is 2.31. The van der Waals surface area contributed by atoms with Crippen LogP contribution in [0.3, 0.4) is 0 Å². The Morgan fingerprint density at radius 2 is 1.82 bits per heavy atom. The molecule has 5 rings (SSSR count). The highest BCUT2D eigenvalue weighted by molar-refractivity contribution is 6.00. The van der Waals surface area contributed by atoms with Crippen LogP contribution in [0.4, 0.5) is 5.82 Å². The van der Waals surface area contributed by atoms with Gasteiger partial charge < -0.3 is 10.8 Å². The van der Waals surface area contributed by atoms with E-state index in [1.165, 1.54) is 17.6 Å². The number of nitrogen functional groups attached to an aromatic ring is 1. The summed E-state index contributed by atoms with van der Waals surface area (Å²) in [6.45, 7) is 1.41. The van der Waals surface area contributed by atoms with Gasteiger partial charge in [-0.1, -0.05) is 36.3 Å². The molecule has 0 unspecified atom stereocenters. The number of benzene rings is 1. The number of aromatic nitrogens is 4. The smallest absolute Gasteiger partial charge is 0.306 e. The normalized spacial score (nSPS) is 20.2. The van der Waals surface area contributed by atoms with Crippen LogP contribution in [0.1, 0.15) is 61.4 Å². The number of carbonyl (C=O) groups excluding carboxylic acids is 1. The van der Waals surface area contributed by atoms with Crippen LogP contribution in [0.15, 0.2) is 54.7 Å². The van der Waals surface area contributed by atoms with Gasteiger partial charge in [0.2, 0.25) is 0 Å². The molecule has 0 saturated heterocycles. The Bertz CT molecular complexity index is 1620. The van der Waals surface area contributed by atoms with E-state index in [9.17, 15) is 14.7 Å². The van der Waals surface area contributed by atoms with Gasteiger partial charge in [0.1, 0.15) is 5.82 Å². The summed E-state index contributed by atoms with van der Waals surface area (Å²) in [7, 11) is 0. The number of Topliss-reactive ketones (excluding diaryl/α,β-unsaturated/α-hetero) is 1. The lowest BCUT2D eigenvalue weighted by atomic mass is 9.79. The average Bonchev–Trinajstić information content (AvgIpc) is 3.35. The molecule has 1 aromatic carbocycles. The van der Waals surface area contributed by atoms with Crippen LogP contribution in [-0.4, -0.2) is 36.4 Å². The minimum absolute atomic E-state index is 0.000124. The molecule has 3 heterocycles. The fourth-order valence-electron chi connectivity index (χ4n) is 4.59. The van der Waals surface area contributed by atoms with E-state index in [0.717, 1.165) is 0 Å². The minimum atomic E-state index is -0.819. The summed E-state index contributed by atoms with van der Waals surface area (Å²) in [5.74, 6) is -1.46. The Hall–Kier alpha value is -4.07. The molecule has 34 heavy (non-hydrogen) atoms.